The van der Waals surface area contributed by atoms with Crippen molar-refractivity contribution in [2.24, 2.45) is 0 Å². The van der Waals surface area contributed by atoms with Gasteiger partial charge in [-0.2, -0.15) is 0 Å². The summed E-state index contributed by atoms with van der Waals surface area (Å²) in [6, 6.07) is 5.51. The number of carbonyl (C=O) groups is 1. The molecular weight excluding hydrogens is 421 g/mol. The molecular formula is C14H17BrINO2. The number of alkyl halides is 1. The van der Waals surface area contributed by atoms with Crippen LogP contribution in [0.15, 0.2) is 18.2 Å². The summed E-state index contributed by atoms with van der Waals surface area (Å²) in [6.07, 6.45) is 4.30. The van der Waals surface area contributed by atoms with E-state index in [0.29, 0.717) is 11.6 Å². The van der Waals surface area contributed by atoms with Gasteiger partial charge < -0.3 is 10.0 Å². The number of phenolic OH excluding ortho intramolecular Hbond substituents is 1. The van der Waals surface area contributed by atoms with Gasteiger partial charge in [-0.25, -0.2) is 0 Å². The quantitative estimate of drug-likeness (QED) is 0.562. The molecule has 3 nitrogen and oxygen atoms in total. The van der Waals surface area contributed by atoms with Gasteiger partial charge in [-0.3, -0.25) is 4.79 Å². The van der Waals surface area contributed by atoms with Crippen LogP contribution >= 0.6 is 38.5 Å². The topological polar surface area (TPSA) is 40.5 Å². The Balaban J connectivity index is 2.19. The predicted octanol–water partition coefficient (Wildman–Crippen LogP) is 3.78. The van der Waals surface area contributed by atoms with Crippen LogP contribution in [0.25, 0.3) is 0 Å². The zero-order valence-electron chi connectivity index (χ0n) is 10.6. The van der Waals surface area contributed by atoms with Gasteiger partial charge in [0.05, 0.1) is 5.56 Å². The van der Waals surface area contributed by atoms with Crippen LogP contribution in [0, 0.1) is 3.57 Å². The molecule has 1 N–H and O–H groups in total. The van der Waals surface area contributed by atoms with E-state index in [-0.39, 0.29) is 11.7 Å². The molecule has 0 atom stereocenters. The van der Waals surface area contributed by atoms with Gasteiger partial charge in [0.1, 0.15) is 5.75 Å². The van der Waals surface area contributed by atoms with Crippen molar-refractivity contribution < 1.29 is 9.90 Å². The minimum absolute atomic E-state index is 0.0401. The summed E-state index contributed by atoms with van der Waals surface area (Å²) in [5.41, 5.74) is 0.424. The van der Waals surface area contributed by atoms with Crippen molar-refractivity contribution in [2.75, 3.05) is 11.9 Å². The second kappa shape index (κ2) is 6.92. The minimum atomic E-state index is -0.0401. The molecule has 0 heterocycles. The molecule has 0 spiro atoms. The second-order valence-electron chi connectivity index (χ2n) is 4.79. The van der Waals surface area contributed by atoms with Crippen molar-refractivity contribution in [3.05, 3.63) is 27.3 Å². The number of hydrogen-bond donors (Lipinski definition) is 1. The lowest BCUT2D eigenvalue weighted by molar-refractivity contribution is 0.0578. The van der Waals surface area contributed by atoms with E-state index in [2.05, 4.69) is 38.5 Å². The van der Waals surface area contributed by atoms with E-state index < -0.39 is 0 Å². The van der Waals surface area contributed by atoms with Crippen molar-refractivity contribution in [1.82, 2.24) is 4.90 Å². The smallest absolute Gasteiger partial charge is 0.257 e. The molecule has 0 saturated heterocycles. The summed E-state index contributed by atoms with van der Waals surface area (Å²) in [4.78, 5) is 14.5. The Morgan fingerprint density at radius 2 is 2.21 bits per heavy atom. The van der Waals surface area contributed by atoms with Crippen molar-refractivity contribution in [1.29, 1.82) is 0 Å². The largest absolute Gasteiger partial charge is 0.507 e. The lowest BCUT2D eigenvalue weighted by Crippen LogP contribution is -2.44. The number of benzene rings is 1. The number of nitrogens with zero attached hydrogens (tertiary/aromatic N) is 1. The first-order chi connectivity index (χ1) is 9.13. The minimum Gasteiger partial charge on any atom is -0.507 e. The van der Waals surface area contributed by atoms with E-state index in [1.54, 1.807) is 18.2 Å². The van der Waals surface area contributed by atoms with Crippen LogP contribution in [0.4, 0.5) is 0 Å². The molecule has 5 heteroatoms. The number of phenols is 1. The Morgan fingerprint density at radius 3 is 2.79 bits per heavy atom. The summed E-state index contributed by atoms with van der Waals surface area (Å²) in [5, 5.41) is 10.8. The predicted molar refractivity (Wildman–Crippen MR) is 87.9 cm³/mol. The van der Waals surface area contributed by atoms with E-state index in [1.165, 1.54) is 6.42 Å². The van der Waals surface area contributed by atoms with Gasteiger partial charge in [-0.15, -0.1) is 0 Å². The maximum atomic E-state index is 12.6. The Bertz CT molecular complexity index is 463. The average Bonchev–Trinajstić information content (AvgIpc) is 2.34. The van der Waals surface area contributed by atoms with Crippen LogP contribution in [-0.4, -0.2) is 33.8 Å². The van der Waals surface area contributed by atoms with Crippen LogP contribution in [0.5, 0.6) is 5.75 Å². The number of rotatable bonds is 5. The van der Waals surface area contributed by atoms with Gasteiger partial charge in [-0.05, 0) is 66.5 Å². The lowest BCUT2D eigenvalue weighted by atomic mass is 9.90. The summed E-state index contributed by atoms with van der Waals surface area (Å²) >= 11 is 5.57. The van der Waals surface area contributed by atoms with Crippen molar-refractivity contribution in [3.63, 3.8) is 0 Å². The molecule has 19 heavy (non-hydrogen) atoms. The van der Waals surface area contributed by atoms with Gasteiger partial charge in [0.25, 0.3) is 5.91 Å². The molecule has 1 aromatic carbocycles. The van der Waals surface area contributed by atoms with E-state index in [1.807, 2.05) is 4.90 Å². The van der Waals surface area contributed by atoms with Crippen molar-refractivity contribution in [3.8, 4) is 5.75 Å². The van der Waals surface area contributed by atoms with Gasteiger partial charge in [0, 0.05) is 21.5 Å². The van der Waals surface area contributed by atoms with Crippen LogP contribution in [0.2, 0.25) is 0 Å². The summed E-state index contributed by atoms with van der Waals surface area (Å²) in [7, 11) is 0. The van der Waals surface area contributed by atoms with E-state index in [9.17, 15) is 9.90 Å². The fraction of sp³-hybridized carbons (Fsp3) is 0.500. The van der Waals surface area contributed by atoms with Gasteiger partial charge in [0.15, 0.2) is 0 Å². The first-order valence-corrected chi connectivity index (χ1v) is 8.69. The Labute approximate surface area is 135 Å². The van der Waals surface area contributed by atoms with Gasteiger partial charge in [0.2, 0.25) is 0 Å². The number of carbonyl (C=O) groups excluding carboxylic acids is 1. The highest BCUT2D eigenvalue weighted by Crippen LogP contribution is 2.29. The molecule has 1 fully saturated rings. The van der Waals surface area contributed by atoms with Crippen LogP contribution in [0.3, 0.4) is 0 Å². The molecule has 1 aliphatic carbocycles. The molecule has 0 radical (unpaired) electrons. The number of halogens is 2. The first kappa shape index (κ1) is 15.1. The van der Waals surface area contributed by atoms with Gasteiger partial charge >= 0.3 is 0 Å². The molecule has 0 unspecified atom stereocenters. The zero-order chi connectivity index (χ0) is 13.8. The third kappa shape index (κ3) is 3.62. The van der Waals surface area contributed by atoms with Crippen LogP contribution < -0.4 is 0 Å². The molecule has 1 saturated carbocycles. The van der Waals surface area contributed by atoms with E-state index in [0.717, 1.165) is 34.7 Å². The second-order valence-corrected chi connectivity index (χ2v) is 6.83. The van der Waals surface area contributed by atoms with Crippen molar-refractivity contribution >= 4 is 44.4 Å². The number of amides is 1. The fourth-order valence-electron chi connectivity index (χ4n) is 2.21. The molecule has 2 rings (SSSR count). The maximum absolute atomic E-state index is 12.6. The number of aromatic hydroxyl groups is 1. The molecule has 0 bridgehead atoms. The Kier molecular flexibility index (Phi) is 5.50. The maximum Gasteiger partial charge on any atom is 0.257 e. The monoisotopic (exact) mass is 437 g/mol. The summed E-state index contributed by atoms with van der Waals surface area (Å²) in [5.74, 6) is 0.0373. The molecule has 1 aromatic rings. The molecule has 104 valence electrons. The van der Waals surface area contributed by atoms with Crippen LogP contribution in [-0.2, 0) is 0 Å². The molecule has 0 aliphatic heterocycles. The van der Waals surface area contributed by atoms with Crippen molar-refractivity contribution in [2.45, 2.75) is 31.7 Å². The molecule has 1 amide bonds. The Morgan fingerprint density at radius 1 is 1.47 bits per heavy atom. The lowest BCUT2D eigenvalue weighted by Gasteiger charge is -2.37. The molecule has 1 aliphatic rings. The Hall–Kier alpha value is -0.300. The molecule has 0 aromatic heterocycles. The standard InChI is InChI=1S/C14H17BrINO2/c15-7-2-8-17(11-3-1-4-11)14(19)12-9-10(16)5-6-13(12)18/h5-6,9,11,18H,1-4,7-8H2. The normalized spacial score (nSPS) is 15.1. The fourth-order valence-corrected chi connectivity index (χ4v) is 2.95. The summed E-state index contributed by atoms with van der Waals surface area (Å²) < 4.78 is 0.966. The van der Waals surface area contributed by atoms with Gasteiger partial charge in [-0.1, -0.05) is 15.9 Å². The van der Waals surface area contributed by atoms with Crippen LogP contribution in [0.1, 0.15) is 36.0 Å². The summed E-state index contributed by atoms with van der Waals surface area (Å²) in [6.45, 7) is 0.750. The highest BCUT2D eigenvalue weighted by Gasteiger charge is 2.30. The first-order valence-electron chi connectivity index (χ1n) is 6.49. The average molecular weight is 438 g/mol. The SMILES string of the molecule is O=C(c1cc(I)ccc1O)N(CCCBr)C1CCC1. The highest BCUT2D eigenvalue weighted by atomic mass is 127. The zero-order valence-corrected chi connectivity index (χ0v) is 14.4. The number of hydrogen-bond acceptors (Lipinski definition) is 2. The van der Waals surface area contributed by atoms with E-state index >= 15 is 0 Å². The third-order valence-corrected chi connectivity index (χ3v) is 4.73. The van der Waals surface area contributed by atoms with E-state index in [4.69, 9.17) is 0 Å². The highest BCUT2D eigenvalue weighted by molar-refractivity contribution is 14.1. The third-order valence-electron chi connectivity index (χ3n) is 3.50.